The Hall–Kier alpha value is -1.92. The largest absolute Gasteiger partial charge is 0.467 e. The molecule has 1 fully saturated rings. The van der Waals surface area contributed by atoms with Gasteiger partial charge in [0, 0.05) is 5.56 Å². The highest BCUT2D eigenvalue weighted by Crippen LogP contribution is 2.32. The molecule has 0 radical (unpaired) electrons. The van der Waals surface area contributed by atoms with E-state index in [-0.39, 0.29) is 0 Å². The number of benzene rings is 1. The minimum absolute atomic E-state index is 0.672. The zero-order valence-corrected chi connectivity index (χ0v) is 10.6. The van der Waals surface area contributed by atoms with Crippen molar-refractivity contribution in [1.82, 2.24) is 0 Å². The molecular weight excluding hydrogens is 252 g/mol. The van der Waals surface area contributed by atoms with Crippen LogP contribution < -0.4 is 0 Å². The van der Waals surface area contributed by atoms with Gasteiger partial charge in [0.2, 0.25) is 0 Å². The smallest absolute Gasteiger partial charge is 0.338 e. The van der Waals surface area contributed by atoms with E-state index in [9.17, 15) is 9.59 Å². The molecule has 1 saturated heterocycles. The maximum atomic E-state index is 11.6. The Morgan fingerprint density at radius 1 is 0.947 bits per heavy atom. The van der Waals surface area contributed by atoms with Gasteiger partial charge in [-0.25, -0.2) is 9.59 Å². The molecule has 2 atom stereocenters. The van der Waals surface area contributed by atoms with Crippen LogP contribution in [0.15, 0.2) is 30.3 Å². The lowest BCUT2D eigenvalue weighted by atomic mass is 10.2. The summed E-state index contributed by atoms with van der Waals surface area (Å²) in [6.07, 6.45) is -3.04. The predicted octanol–water partition coefficient (Wildman–Crippen LogP) is 0.815. The van der Waals surface area contributed by atoms with Crippen LogP contribution in [0.4, 0.5) is 0 Å². The first-order chi connectivity index (χ1) is 9.17. The number of carbonyl (C=O) groups is 2. The van der Waals surface area contributed by atoms with E-state index in [0.717, 1.165) is 0 Å². The van der Waals surface area contributed by atoms with Gasteiger partial charge in [0.15, 0.2) is 18.5 Å². The molecular formula is C13H14O6. The van der Waals surface area contributed by atoms with Crippen LogP contribution in [0, 0.1) is 0 Å². The fourth-order valence-electron chi connectivity index (χ4n) is 1.80. The molecule has 0 aromatic heterocycles. The van der Waals surface area contributed by atoms with Gasteiger partial charge in [0.05, 0.1) is 14.2 Å². The van der Waals surface area contributed by atoms with Gasteiger partial charge in [-0.1, -0.05) is 30.3 Å². The van der Waals surface area contributed by atoms with Gasteiger partial charge < -0.3 is 18.9 Å². The minimum atomic E-state index is -1.12. The van der Waals surface area contributed by atoms with Crippen LogP contribution in [0.5, 0.6) is 0 Å². The molecule has 0 bridgehead atoms. The Morgan fingerprint density at radius 2 is 1.42 bits per heavy atom. The lowest BCUT2D eigenvalue weighted by Crippen LogP contribution is -2.38. The first-order valence-electron chi connectivity index (χ1n) is 5.69. The second kappa shape index (κ2) is 5.81. The molecule has 0 N–H and O–H groups in total. The summed E-state index contributed by atoms with van der Waals surface area (Å²) in [4.78, 5) is 23.2. The van der Waals surface area contributed by atoms with Gasteiger partial charge >= 0.3 is 11.9 Å². The molecule has 0 unspecified atom stereocenters. The summed E-state index contributed by atoms with van der Waals surface area (Å²) < 4.78 is 20.1. The Morgan fingerprint density at radius 3 is 1.84 bits per heavy atom. The molecule has 1 aromatic rings. The van der Waals surface area contributed by atoms with Crippen molar-refractivity contribution < 1.29 is 28.5 Å². The van der Waals surface area contributed by atoms with Crippen molar-refractivity contribution in [3.8, 4) is 0 Å². The normalized spacial score (nSPS) is 23.1. The standard InChI is InChI=1S/C13H14O6/c1-16-11(14)9-10(12(15)17-2)19-13(18-9)8-6-4-3-5-7-8/h3-7,9-10,13H,1-2H3/t9-,10-/m0/s1. The number of hydrogen-bond donors (Lipinski definition) is 0. The summed E-state index contributed by atoms with van der Waals surface area (Å²) in [5.41, 5.74) is 0.711. The SMILES string of the molecule is COC(=O)[C@H]1OC(c2ccccc2)O[C@@H]1C(=O)OC. The van der Waals surface area contributed by atoms with Crippen molar-refractivity contribution in [1.29, 1.82) is 0 Å². The molecule has 1 heterocycles. The third kappa shape index (κ3) is 2.74. The van der Waals surface area contributed by atoms with Gasteiger partial charge in [-0.2, -0.15) is 0 Å². The predicted molar refractivity (Wildman–Crippen MR) is 63.0 cm³/mol. The van der Waals surface area contributed by atoms with E-state index in [1.165, 1.54) is 14.2 Å². The maximum absolute atomic E-state index is 11.6. The summed E-state index contributed by atoms with van der Waals surface area (Å²) >= 11 is 0. The van der Waals surface area contributed by atoms with Crippen LogP contribution in [0.1, 0.15) is 11.9 Å². The van der Waals surface area contributed by atoms with Crippen molar-refractivity contribution in [3.63, 3.8) is 0 Å². The third-order valence-electron chi connectivity index (χ3n) is 2.75. The highest BCUT2D eigenvalue weighted by Gasteiger charge is 2.47. The van der Waals surface area contributed by atoms with Crippen LogP contribution in [0.3, 0.4) is 0 Å². The molecule has 1 aliphatic rings. The second-order valence-corrected chi connectivity index (χ2v) is 3.90. The summed E-state index contributed by atoms with van der Waals surface area (Å²) in [5.74, 6) is -1.34. The number of rotatable bonds is 3. The molecule has 102 valence electrons. The molecule has 0 amide bonds. The van der Waals surface area contributed by atoms with Crippen LogP contribution in [-0.4, -0.2) is 38.4 Å². The molecule has 6 heteroatoms. The highest BCUT2D eigenvalue weighted by atomic mass is 16.8. The van der Waals surface area contributed by atoms with Gasteiger partial charge in [-0.15, -0.1) is 0 Å². The summed E-state index contributed by atoms with van der Waals surface area (Å²) in [7, 11) is 2.44. The number of esters is 2. The molecule has 0 aliphatic carbocycles. The summed E-state index contributed by atoms with van der Waals surface area (Å²) in [5, 5.41) is 0. The Labute approximate surface area is 110 Å². The summed E-state index contributed by atoms with van der Waals surface area (Å²) in [6, 6.07) is 9.01. The fraction of sp³-hybridized carbons (Fsp3) is 0.385. The van der Waals surface area contributed by atoms with Crippen molar-refractivity contribution in [2.75, 3.05) is 14.2 Å². The van der Waals surface area contributed by atoms with Crippen LogP contribution in [0.25, 0.3) is 0 Å². The fourth-order valence-corrected chi connectivity index (χ4v) is 1.80. The van der Waals surface area contributed by atoms with Crippen LogP contribution in [-0.2, 0) is 28.5 Å². The van der Waals surface area contributed by atoms with Crippen molar-refractivity contribution in [2.24, 2.45) is 0 Å². The quantitative estimate of drug-likeness (QED) is 0.754. The lowest BCUT2D eigenvalue weighted by molar-refractivity contribution is -0.160. The van der Waals surface area contributed by atoms with Gasteiger partial charge in [-0.05, 0) is 0 Å². The van der Waals surface area contributed by atoms with Crippen molar-refractivity contribution in [3.05, 3.63) is 35.9 Å². The lowest BCUT2D eigenvalue weighted by Gasteiger charge is -2.11. The average molecular weight is 266 g/mol. The Kier molecular flexibility index (Phi) is 4.13. The first-order valence-corrected chi connectivity index (χ1v) is 5.69. The van der Waals surface area contributed by atoms with E-state index < -0.39 is 30.4 Å². The molecule has 0 spiro atoms. The first kappa shape index (κ1) is 13.5. The van der Waals surface area contributed by atoms with E-state index in [4.69, 9.17) is 9.47 Å². The monoisotopic (exact) mass is 266 g/mol. The summed E-state index contributed by atoms with van der Waals surface area (Å²) in [6.45, 7) is 0. The maximum Gasteiger partial charge on any atom is 0.338 e. The number of carbonyl (C=O) groups excluding carboxylic acids is 2. The Bertz CT molecular complexity index is 433. The third-order valence-corrected chi connectivity index (χ3v) is 2.75. The van der Waals surface area contributed by atoms with Crippen molar-refractivity contribution >= 4 is 11.9 Å². The van der Waals surface area contributed by atoms with Crippen molar-refractivity contribution in [2.45, 2.75) is 18.5 Å². The zero-order valence-electron chi connectivity index (χ0n) is 10.6. The molecule has 1 aliphatic heterocycles. The number of hydrogen-bond acceptors (Lipinski definition) is 6. The van der Waals surface area contributed by atoms with E-state index in [2.05, 4.69) is 9.47 Å². The number of ether oxygens (including phenoxy) is 4. The van der Waals surface area contributed by atoms with E-state index in [0.29, 0.717) is 5.56 Å². The second-order valence-electron chi connectivity index (χ2n) is 3.90. The molecule has 6 nitrogen and oxygen atoms in total. The van der Waals surface area contributed by atoms with Crippen LogP contribution in [0.2, 0.25) is 0 Å². The minimum Gasteiger partial charge on any atom is -0.467 e. The molecule has 1 aromatic carbocycles. The topological polar surface area (TPSA) is 71.1 Å². The number of methoxy groups -OCH3 is 2. The van der Waals surface area contributed by atoms with Gasteiger partial charge in [0.25, 0.3) is 0 Å². The van der Waals surface area contributed by atoms with Gasteiger partial charge in [-0.3, -0.25) is 0 Å². The molecule has 0 saturated carbocycles. The zero-order chi connectivity index (χ0) is 13.8. The molecule has 19 heavy (non-hydrogen) atoms. The van der Waals surface area contributed by atoms with E-state index in [1.807, 2.05) is 6.07 Å². The average Bonchev–Trinajstić information content (AvgIpc) is 2.91. The highest BCUT2D eigenvalue weighted by molar-refractivity contribution is 5.86. The van der Waals surface area contributed by atoms with Gasteiger partial charge in [0.1, 0.15) is 0 Å². The van der Waals surface area contributed by atoms with E-state index >= 15 is 0 Å². The van der Waals surface area contributed by atoms with Crippen LogP contribution >= 0.6 is 0 Å². The molecule has 2 rings (SSSR count). The Balaban J connectivity index is 2.20. The van der Waals surface area contributed by atoms with E-state index in [1.54, 1.807) is 24.3 Å².